The van der Waals surface area contributed by atoms with E-state index in [1.165, 1.54) is 63.6 Å². The topological polar surface area (TPSA) is 16.1 Å². The van der Waals surface area contributed by atoms with Gasteiger partial charge in [0.15, 0.2) is 0 Å². The van der Waals surface area contributed by atoms with Crippen LogP contribution in [0, 0.1) is 0 Å². The van der Waals surface area contributed by atoms with Crippen LogP contribution < -0.4 is 4.90 Å². The fraction of sp³-hybridized carbons (Fsp3) is 0. The Labute approximate surface area is 259 Å². The largest absolute Gasteiger partial charge is 0.310 e. The number of benzene rings is 7. The van der Waals surface area contributed by atoms with E-state index >= 15 is 0 Å². The van der Waals surface area contributed by atoms with Crippen LogP contribution in [0.5, 0.6) is 0 Å². The zero-order valence-electron chi connectivity index (χ0n) is 23.8. The van der Waals surface area contributed by atoms with E-state index in [1.807, 2.05) is 12.4 Å². The number of fused-ring (bicyclic) bond motifs is 8. The molecule has 0 unspecified atom stereocenters. The summed E-state index contributed by atoms with van der Waals surface area (Å²) in [6, 6.07) is 53.0. The van der Waals surface area contributed by atoms with Gasteiger partial charge in [0.05, 0.1) is 4.70 Å². The van der Waals surface area contributed by atoms with E-state index in [9.17, 15) is 0 Å². The first-order chi connectivity index (χ1) is 21.8. The van der Waals surface area contributed by atoms with Crippen molar-refractivity contribution in [2.24, 2.45) is 0 Å². The lowest BCUT2D eigenvalue weighted by atomic mass is 9.96. The van der Waals surface area contributed by atoms with Crippen LogP contribution in [0.1, 0.15) is 0 Å². The third kappa shape index (κ3) is 4.05. The number of rotatable bonds is 4. The van der Waals surface area contributed by atoms with Crippen molar-refractivity contribution in [3.63, 3.8) is 0 Å². The van der Waals surface area contributed by atoms with Crippen molar-refractivity contribution in [2.45, 2.75) is 0 Å². The molecule has 0 fully saturated rings. The molecule has 0 aliphatic heterocycles. The van der Waals surface area contributed by atoms with Gasteiger partial charge < -0.3 is 4.90 Å². The predicted octanol–water partition coefficient (Wildman–Crippen LogP) is 12.0. The number of aromatic nitrogens is 1. The highest BCUT2D eigenvalue weighted by molar-refractivity contribution is 7.25. The molecule has 0 radical (unpaired) electrons. The van der Waals surface area contributed by atoms with E-state index in [-0.39, 0.29) is 0 Å². The van der Waals surface area contributed by atoms with Gasteiger partial charge >= 0.3 is 0 Å². The maximum Gasteiger partial charge on any atom is 0.0538 e. The average molecular weight is 579 g/mol. The first-order valence-electron chi connectivity index (χ1n) is 14.9. The summed E-state index contributed by atoms with van der Waals surface area (Å²) in [6.07, 6.45) is 3.85. The second-order valence-electron chi connectivity index (χ2n) is 11.3. The monoisotopic (exact) mass is 578 g/mol. The molecule has 0 aliphatic rings. The molecule has 0 aliphatic carbocycles. The van der Waals surface area contributed by atoms with Gasteiger partial charge in [0, 0.05) is 44.9 Å². The van der Waals surface area contributed by atoms with Crippen LogP contribution in [0.15, 0.2) is 158 Å². The minimum Gasteiger partial charge on any atom is -0.310 e. The number of thiophene rings is 1. The Morgan fingerprint density at radius 2 is 1.07 bits per heavy atom. The van der Waals surface area contributed by atoms with Crippen molar-refractivity contribution in [1.29, 1.82) is 0 Å². The van der Waals surface area contributed by atoms with Crippen molar-refractivity contribution in [3.8, 4) is 11.1 Å². The molecular weight excluding hydrogens is 553 g/mol. The summed E-state index contributed by atoms with van der Waals surface area (Å²) >= 11 is 1.80. The summed E-state index contributed by atoms with van der Waals surface area (Å²) in [4.78, 5) is 6.76. The molecule has 0 saturated heterocycles. The average Bonchev–Trinajstić information content (AvgIpc) is 3.47. The minimum atomic E-state index is 1.12. The Morgan fingerprint density at radius 3 is 1.93 bits per heavy atom. The minimum absolute atomic E-state index is 1.12. The fourth-order valence-electron chi connectivity index (χ4n) is 6.59. The quantitative estimate of drug-likeness (QED) is 0.193. The molecule has 2 aromatic heterocycles. The van der Waals surface area contributed by atoms with Crippen molar-refractivity contribution < 1.29 is 0 Å². The van der Waals surface area contributed by atoms with Crippen LogP contribution in [-0.2, 0) is 0 Å². The molecule has 0 saturated carbocycles. The number of nitrogens with zero attached hydrogens (tertiary/aromatic N) is 2. The van der Waals surface area contributed by atoms with Gasteiger partial charge in [0.2, 0.25) is 0 Å². The lowest BCUT2D eigenvalue weighted by molar-refractivity contribution is 1.30. The van der Waals surface area contributed by atoms with Gasteiger partial charge in [-0.2, -0.15) is 0 Å². The van der Waals surface area contributed by atoms with E-state index < -0.39 is 0 Å². The summed E-state index contributed by atoms with van der Waals surface area (Å²) < 4.78 is 2.47. The maximum absolute atomic E-state index is 4.37. The van der Waals surface area contributed by atoms with Crippen LogP contribution in [-0.4, -0.2) is 4.98 Å². The lowest BCUT2D eigenvalue weighted by Crippen LogP contribution is -2.09. The molecule has 7 aromatic carbocycles. The molecule has 0 N–H and O–H groups in total. The molecule has 0 amide bonds. The van der Waals surface area contributed by atoms with Gasteiger partial charge in [-0.1, -0.05) is 103 Å². The molecule has 206 valence electrons. The second-order valence-corrected chi connectivity index (χ2v) is 12.3. The van der Waals surface area contributed by atoms with Crippen molar-refractivity contribution in [2.75, 3.05) is 4.90 Å². The van der Waals surface area contributed by atoms with Gasteiger partial charge in [0.1, 0.15) is 0 Å². The molecule has 3 heteroatoms. The smallest absolute Gasteiger partial charge is 0.0538 e. The van der Waals surface area contributed by atoms with Crippen LogP contribution in [0.2, 0.25) is 0 Å². The van der Waals surface area contributed by atoms with Crippen LogP contribution in [0.3, 0.4) is 0 Å². The number of hydrogen-bond donors (Lipinski definition) is 0. The number of hydrogen-bond acceptors (Lipinski definition) is 3. The molecule has 0 spiro atoms. The molecule has 44 heavy (non-hydrogen) atoms. The van der Waals surface area contributed by atoms with Crippen molar-refractivity contribution in [3.05, 3.63) is 158 Å². The van der Waals surface area contributed by atoms with E-state index in [1.54, 1.807) is 11.3 Å². The molecule has 2 nitrogen and oxygen atoms in total. The third-order valence-corrected chi connectivity index (χ3v) is 9.82. The van der Waals surface area contributed by atoms with Crippen LogP contribution >= 0.6 is 11.3 Å². The lowest BCUT2D eigenvalue weighted by Gasteiger charge is -2.26. The van der Waals surface area contributed by atoms with Gasteiger partial charge in [-0.05, 0) is 85.9 Å². The number of pyridine rings is 1. The van der Waals surface area contributed by atoms with Gasteiger partial charge in [-0.3, -0.25) is 4.98 Å². The Balaban J connectivity index is 1.27. The molecule has 9 aromatic rings. The van der Waals surface area contributed by atoms with E-state index in [0.717, 1.165) is 17.1 Å². The summed E-state index contributed by atoms with van der Waals surface area (Å²) in [5.41, 5.74) is 5.81. The summed E-state index contributed by atoms with van der Waals surface area (Å²) in [6.45, 7) is 0. The van der Waals surface area contributed by atoms with E-state index in [2.05, 4.69) is 155 Å². The highest BCUT2D eigenvalue weighted by atomic mass is 32.1. The van der Waals surface area contributed by atoms with Crippen molar-refractivity contribution in [1.82, 2.24) is 4.98 Å². The zero-order valence-corrected chi connectivity index (χ0v) is 24.6. The second kappa shape index (κ2) is 10.0. The van der Waals surface area contributed by atoms with E-state index in [0.29, 0.717) is 0 Å². The van der Waals surface area contributed by atoms with Crippen LogP contribution in [0.25, 0.3) is 63.6 Å². The highest BCUT2D eigenvalue weighted by Gasteiger charge is 2.17. The van der Waals surface area contributed by atoms with Gasteiger partial charge in [-0.25, -0.2) is 0 Å². The summed E-state index contributed by atoms with van der Waals surface area (Å²) in [7, 11) is 0. The SMILES string of the molecule is c1ccc(-c2ccc(N(c3ccc4c(c3)sc3cnccc34)c3ccc4ccc5ccc6ccccc6c5c4c3)cc2)cc1. The van der Waals surface area contributed by atoms with Crippen molar-refractivity contribution >= 4 is 80.9 Å². The van der Waals surface area contributed by atoms with E-state index in [4.69, 9.17) is 0 Å². The Morgan fingerprint density at radius 1 is 0.432 bits per heavy atom. The molecule has 2 heterocycles. The Bertz CT molecular complexity index is 2490. The Kier molecular flexibility index (Phi) is 5.71. The highest BCUT2D eigenvalue weighted by Crippen LogP contribution is 2.42. The fourth-order valence-corrected chi connectivity index (χ4v) is 7.70. The normalized spacial score (nSPS) is 11.6. The molecule has 0 atom stereocenters. The third-order valence-electron chi connectivity index (χ3n) is 8.72. The zero-order chi connectivity index (χ0) is 29.0. The first-order valence-corrected chi connectivity index (χ1v) is 15.7. The Hall–Kier alpha value is -5.51. The molecule has 9 rings (SSSR count). The summed E-state index contributed by atoms with van der Waals surface area (Å²) in [5.74, 6) is 0. The molecular formula is C41H26N2S. The van der Waals surface area contributed by atoms with Gasteiger partial charge in [0.25, 0.3) is 0 Å². The first kappa shape index (κ1) is 25.0. The van der Waals surface area contributed by atoms with Gasteiger partial charge in [-0.15, -0.1) is 11.3 Å². The van der Waals surface area contributed by atoms with Crippen LogP contribution in [0.4, 0.5) is 17.1 Å². The summed E-state index contributed by atoms with van der Waals surface area (Å²) in [5, 5.41) is 10.1. The number of anilines is 3. The molecule has 0 bridgehead atoms. The maximum atomic E-state index is 4.37. The standard InChI is InChI=1S/C41H26N2S/c1-2-6-27(7-3-1)28-14-17-32(18-15-28)43(34-20-21-36-37-22-23-42-26-40(37)44-39(36)25-34)33-19-16-30-11-13-31-12-10-29-8-4-5-9-35(29)41(31)38(30)24-33/h1-26H. The predicted molar refractivity (Wildman–Crippen MR) is 190 cm³/mol.